The highest BCUT2D eigenvalue weighted by molar-refractivity contribution is 5.17. The Morgan fingerprint density at radius 1 is 1.47 bits per heavy atom. The fourth-order valence-electron chi connectivity index (χ4n) is 1.23. The summed E-state index contributed by atoms with van der Waals surface area (Å²) in [6.07, 6.45) is -0.0110. The average Bonchev–Trinajstić information content (AvgIpc) is 2.17. The highest BCUT2D eigenvalue weighted by atomic mass is 16.5. The summed E-state index contributed by atoms with van der Waals surface area (Å²) in [6, 6.07) is 5.37. The molecule has 0 amide bonds. The van der Waals surface area contributed by atoms with E-state index in [0.717, 1.165) is 0 Å². The smallest absolute Gasteiger partial charge is 0.213 e. The van der Waals surface area contributed by atoms with Crippen LogP contribution in [0.4, 0.5) is 0 Å². The van der Waals surface area contributed by atoms with Crippen LogP contribution < -0.4 is 10.5 Å². The zero-order valence-corrected chi connectivity index (χ0v) is 9.18. The zero-order chi connectivity index (χ0) is 11.3. The maximum atomic E-state index is 9.68. The number of nitrogens with two attached hydrogens (primary N) is 1. The van der Waals surface area contributed by atoms with E-state index < -0.39 is 6.10 Å². The van der Waals surface area contributed by atoms with Crippen molar-refractivity contribution in [2.45, 2.75) is 32.5 Å². The summed E-state index contributed by atoms with van der Waals surface area (Å²) >= 11 is 0. The van der Waals surface area contributed by atoms with E-state index in [0.29, 0.717) is 24.5 Å². The summed E-state index contributed by atoms with van der Waals surface area (Å²) in [5.41, 5.74) is 5.98. The lowest BCUT2D eigenvalue weighted by molar-refractivity contribution is 0.162. The lowest BCUT2D eigenvalue weighted by Gasteiger charge is -2.12. The summed E-state index contributed by atoms with van der Waals surface area (Å²) in [7, 11) is 0. The van der Waals surface area contributed by atoms with Crippen LogP contribution in [0.1, 0.15) is 32.1 Å². The van der Waals surface area contributed by atoms with Gasteiger partial charge in [-0.1, -0.05) is 6.07 Å². The van der Waals surface area contributed by atoms with Gasteiger partial charge in [0.1, 0.15) is 0 Å². The van der Waals surface area contributed by atoms with Gasteiger partial charge in [0.25, 0.3) is 0 Å². The first-order chi connectivity index (χ1) is 7.13. The molecule has 0 bridgehead atoms. The summed E-state index contributed by atoms with van der Waals surface area (Å²) in [5, 5.41) is 9.68. The molecule has 84 valence electrons. The van der Waals surface area contributed by atoms with Gasteiger partial charge < -0.3 is 15.6 Å². The van der Waals surface area contributed by atoms with E-state index in [9.17, 15) is 5.11 Å². The van der Waals surface area contributed by atoms with E-state index >= 15 is 0 Å². The Bertz CT molecular complexity index is 302. The van der Waals surface area contributed by atoms with Gasteiger partial charge in [0, 0.05) is 6.07 Å². The molecular weight excluding hydrogens is 192 g/mol. The summed E-state index contributed by atoms with van der Waals surface area (Å²) in [4.78, 5) is 4.20. The quantitative estimate of drug-likeness (QED) is 0.767. The van der Waals surface area contributed by atoms with Gasteiger partial charge in [-0.05, 0) is 32.9 Å². The van der Waals surface area contributed by atoms with Crippen molar-refractivity contribution in [1.82, 2.24) is 4.98 Å². The molecule has 0 fully saturated rings. The third-order valence-electron chi connectivity index (χ3n) is 1.88. The van der Waals surface area contributed by atoms with Gasteiger partial charge in [-0.3, -0.25) is 0 Å². The Kier molecular flexibility index (Phi) is 4.52. The first-order valence-electron chi connectivity index (χ1n) is 5.15. The molecule has 0 saturated heterocycles. The Balaban J connectivity index is 2.73. The van der Waals surface area contributed by atoms with Crippen LogP contribution in [-0.2, 0) is 0 Å². The van der Waals surface area contributed by atoms with Crippen LogP contribution >= 0.6 is 0 Å². The van der Waals surface area contributed by atoms with Crippen molar-refractivity contribution < 1.29 is 9.84 Å². The SMILES string of the molecule is CC(C)Oc1cccc(C(O)CCN)n1. The maximum absolute atomic E-state index is 9.68. The molecule has 4 nitrogen and oxygen atoms in total. The molecule has 1 heterocycles. The van der Waals surface area contributed by atoms with E-state index in [-0.39, 0.29) is 6.10 Å². The predicted octanol–water partition coefficient (Wildman–Crippen LogP) is 1.25. The van der Waals surface area contributed by atoms with Gasteiger partial charge >= 0.3 is 0 Å². The summed E-state index contributed by atoms with van der Waals surface area (Å²) in [6.45, 7) is 4.31. The van der Waals surface area contributed by atoms with Gasteiger partial charge in [-0.2, -0.15) is 0 Å². The van der Waals surface area contributed by atoms with Crippen LogP contribution in [0, 0.1) is 0 Å². The molecule has 1 atom stereocenters. The summed E-state index contributed by atoms with van der Waals surface area (Å²) < 4.78 is 5.43. The molecule has 1 unspecified atom stereocenters. The molecular formula is C11H18N2O2. The molecule has 3 N–H and O–H groups in total. The standard InChI is InChI=1S/C11H18N2O2/c1-8(2)15-11-5-3-4-9(13-11)10(14)6-7-12/h3-5,8,10,14H,6-7,12H2,1-2H3. The highest BCUT2D eigenvalue weighted by Crippen LogP contribution is 2.17. The predicted molar refractivity (Wildman–Crippen MR) is 58.6 cm³/mol. The fourth-order valence-corrected chi connectivity index (χ4v) is 1.23. The highest BCUT2D eigenvalue weighted by Gasteiger charge is 2.09. The number of hydrogen-bond acceptors (Lipinski definition) is 4. The van der Waals surface area contributed by atoms with Crippen molar-refractivity contribution in [2.24, 2.45) is 5.73 Å². The van der Waals surface area contributed by atoms with Crippen molar-refractivity contribution in [3.8, 4) is 5.88 Å². The van der Waals surface area contributed by atoms with Crippen LogP contribution in [0.5, 0.6) is 5.88 Å². The van der Waals surface area contributed by atoms with Crippen molar-refractivity contribution in [2.75, 3.05) is 6.54 Å². The van der Waals surface area contributed by atoms with Crippen LogP contribution in [0.25, 0.3) is 0 Å². The van der Waals surface area contributed by atoms with Gasteiger partial charge in [0.15, 0.2) is 0 Å². The minimum atomic E-state index is -0.606. The second-order valence-corrected chi connectivity index (χ2v) is 3.66. The number of pyridine rings is 1. The Morgan fingerprint density at radius 2 is 2.20 bits per heavy atom. The largest absolute Gasteiger partial charge is 0.475 e. The molecule has 0 aliphatic rings. The number of aliphatic hydroxyl groups excluding tert-OH is 1. The number of ether oxygens (including phenoxy) is 1. The van der Waals surface area contributed by atoms with Crippen LogP contribution in [0.2, 0.25) is 0 Å². The average molecular weight is 210 g/mol. The van der Waals surface area contributed by atoms with Gasteiger partial charge in [-0.15, -0.1) is 0 Å². The third kappa shape index (κ3) is 3.85. The zero-order valence-electron chi connectivity index (χ0n) is 9.18. The lowest BCUT2D eigenvalue weighted by Crippen LogP contribution is -2.11. The van der Waals surface area contributed by atoms with Crippen molar-refractivity contribution in [3.05, 3.63) is 23.9 Å². The van der Waals surface area contributed by atoms with E-state index in [2.05, 4.69) is 4.98 Å². The molecule has 1 rings (SSSR count). The normalized spacial score (nSPS) is 12.9. The molecule has 1 aromatic rings. The lowest BCUT2D eigenvalue weighted by atomic mass is 10.2. The first-order valence-corrected chi connectivity index (χ1v) is 5.15. The number of hydrogen-bond donors (Lipinski definition) is 2. The van der Waals surface area contributed by atoms with Crippen molar-refractivity contribution in [1.29, 1.82) is 0 Å². The van der Waals surface area contributed by atoms with E-state index in [4.69, 9.17) is 10.5 Å². The van der Waals surface area contributed by atoms with Crippen molar-refractivity contribution in [3.63, 3.8) is 0 Å². The third-order valence-corrected chi connectivity index (χ3v) is 1.88. The van der Waals surface area contributed by atoms with Crippen molar-refractivity contribution >= 4 is 0 Å². The van der Waals surface area contributed by atoms with Crippen LogP contribution in [-0.4, -0.2) is 22.7 Å². The maximum Gasteiger partial charge on any atom is 0.213 e. The first kappa shape index (κ1) is 11.9. The molecule has 0 aliphatic carbocycles. The van der Waals surface area contributed by atoms with E-state index in [1.807, 2.05) is 19.9 Å². The number of nitrogens with zero attached hydrogens (tertiary/aromatic N) is 1. The molecule has 15 heavy (non-hydrogen) atoms. The van der Waals surface area contributed by atoms with E-state index in [1.54, 1.807) is 12.1 Å². The minimum Gasteiger partial charge on any atom is -0.475 e. The Hall–Kier alpha value is -1.13. The minimum absolute atomic E-state index is 0.0828. The number of aliphatic hydroxyl groups is 1. The Morgan fingerprint density at radius 3 is 2.80 bits per heavy atom. The molecule has 0 spiro atoms. The molecule has 0 aromatic carbocycles. The number of aromatic nitrogens is 1. The van der Waals surface area contributed by atoms with Gasteiger partial charge in [-0.25, -0.2) is 4.98 Å². The molecule has 0 aliphatic heterocycles. The van der Waals surface area contributed by atoms with Crippen LogP contribution in [0.3, 0.4) is 0 Å². The monoisotopic (exact) mass is 210 g/mol. The fraction of sp³-hybridized carbons (Fsp3) is 0.545. The summed E-state index contributed by atoms with van der Waals surface area (Å²) in [5.74, 6) is 0.540. The molecule has 4 heteroatoms. The van der Waals surface area contributed by atoms with Crippen LogP contribution in [0.15, 0.2) is 18.2 Å². The molecule has 0 saturated carbocycles. The van der Waals surface area contributed by atoms with E-state index in [1.165, 1.54) is 0 Å². The second kappa shape index (κ2) is 5.68. The van der Waals surface area contributed by atoms with Gasteiger partial charge in [0.2, 0.25) is 5.88 Å². The Labute approximate surface area is 90.1 Å². The number of rotatable bonds is 5. The topological polar surface area (TPSA) is 68.4 Å². The molecule has 0 radical (unpaired) electrons. The second-order valence-electron chi connectivity index (χ2n) is 3.66. The molecule has 1 aromatic heterocycles. The van der Waals surface area contributed by atoms with Gasteiger partial charge in [0.05, 0.1) is 17.9 Å².